The second-order valence-corrected chi connectivity index (χ2v) is 8.61. The van der Waals surface area contributed by atoms with Crippen LogP contribution in [0.4, 0.5) is 0 Å². The second kappa shape index (κ2) is 7.87. The third-order valence-corrected chi connectivity index (χ3v) is 6.34. The molecule has 28 heavy (non-hydrogen) atoms. The Morgan fingerprint density at radius 1 is 1.00 bits per heavy atom. The van der Waals surface area contributed by atoms with Crippen LogP contribution in [-0.4, -0.2) is 4.57 Å². The number of benzene rings is 2. The normalized spacial score (nSPS) is 15.3. The summed E-state index contributed by atoms with van der Waals surface area (Å²) in [5.41, 5.74) is 13.2. The van der Waals surface area contributed by atoms with E-state index in [9.17, 15) is 0 Å². The van der Waals surface area contributed by atoms with E-state index in [0.29, 0.717) is 5.70 Å². The molecule has 2 nitrogen and oxygen atoms in total. The molecule has 0 amide bonds. The summed E-state index contributed by atoms with van der Waals surface area (Å²) < 4.78 is 2.55. The summed E-state index contributed by atoms with van der Waals surface area (Å²) in [6.07, 6.45) is 8.86. The second-order valence-electron chi connectivity index (χ2n) is 8.61. The van der Waals surface area contributed by atoms with E-state index in [1.54, 1.807) is 0 Å². The van der Waals surface area contributed by atoms with E-state index in [1.807, 2.05) is 0 Å². The highest BCUT2D eigenvalue weighted by atomic mass is 15.0. The first kappa shape index (κ1) is 18.9. The van der Waals surface area contributed by atoms with Gasteiger partial charge in [0.2, 0.25) is 0 Å². The molecule has 3 aromatic rings. The van der Waals surface area contributed by atoms with Gasteiger partial charge in [0, 0.05) is 39.6 Å². The smallest absolute Gasteiger partial charge is 0.0498 e. The summed E-state index contributed by atoms with van der Waals surface area (Å²) in [4.78, 5) is 0. The van der Waals surface area contributed by atoms with Gasteiger partial charge in [-0.25, -0.2) is 0 Å². The summed E-state index contributed by atoms with van der Waals surface area (Å²) in [5.74, 6) is 0.774. The Bertz CT molecular complexity index is 1030. The molecule has 0 unspecified atom stereocenters. The summed E-state index contributed by atoms with van der Waals surface area (Å²) >= 11 is 0. The monoisotopic (exact) mass is 372 g/mol. The largest absolute Gasteiger partial charge is 0.399 e. The maximum atomic E-state index is 6.22. The number of nitrogens with zero attached hydrogens (tertiary/aromatic N) is 1. The molecule has 1 aliphatic carbocycles. The van der Waals surface area contributed by atoms with Gasteiger partial charge in [0.05, 0.1) is 0 Å². The van der Waals surface area contributed by atoms with E-state index in [2.05, 4.69) is 61.0 Å². The lowest BCUT2D eigenvalue weighted by Crippen LogP contribution is -2.14. The van der Waals surface area contributed by atoms with Crippen molar-refractivity contribution in [1.29, 1.82) is 0 Å². The first-order valence-corrected chi connectivity index (χ1v) is 10.7. The standard InChI is InChI=1S/C26H32N2/c1-18(2)15-16-21-11-7-13-23-25(21)26-22(19(3)27)12-8-14-24(26)28(23)17-20-9-5-4-6-10-20/h7-8,11-14,20H,1,3-6,9-10,15-17,27H2,2H3. The van der Waals surface area contributed by atoms with E-state index in [0.717, 1.165) is 30.9 Å². The molecule has 0 aliphatic heterocycles. The average Bonchev–Trinajstić information content (AvgIpc) is 3.01. The molecule has 0 saturated heterocycles. The average molecular weight is 373 g/mol. The van der Waals surface area contributed by atoms with Crippen LogP contribution in [0, 0.1) is 5.92 Å². The lowest BCUT2D eigenvalue weighted by Gasteiger charge is -2.23. The lowest BCUT2D eigenvalue weighted by atomic mass is 9.89. The number of aromatic nitrogens is 1. The first-order valence-electron chi connectivity index (χ1n) is 10.7. The van der Waals surface area contributed by atoms with Crippen molar-refractivity contribution in [2.45, 2.75) is 58.4 Å². The molecule has 0 atom stereocenters. The molecule has 1 fully saturated rings. The number of allylic oxidation sites excluding steroid dienone is 1. The van der Waals surface area contributed by atoms with Crippen molar-refractivity contribution in [3.8, 4) is 0 Å². The minimum absolute atomic E-state index is 0.650. The van der Waals surface area contributed by atoms with Crippen LogP contribution in [0.15, 0.2) is 55.1 Å². The van der Waals surface area contributed by atoms with Crippen molar-refractivity contribution in [3.05, 3.63) is 66.3 Å². The van der Waals surface area contributed by atoms with Gasteiger partial charge in [-0.15, -0.1) is 6.58 Å². The quantitative estimate of drug-likeness (QED) is 0.473. The minimum Gasteiger partial charge on any atom is -0.399 e. The topological polar surface area (TPSA) is 30.9 Å². The fourth-order valence-corrected chi connectivity index (χ4v) is 4.91. The van der Waals surface area contributed by atoms with Crippen molar-refractivity contribution < 1.29 is 0 Å². The molecule has 0 radical (unpaired) electrons. The zero-order chi connectivity index (χ0) is 19.7. The lowest BCUT2D eigenvalue weighted by molar-refractivity contribution is 0.325. The molecule has 146 valence electrons. The Morgan fingerprint density at radius 3 is 2.36 bits per heavy atom. The molecule has 0 bridgehead atoms. The maximum absolute atomic E-state index is 6.22. The van der Waals surface area contributed by atoms with E-state index in [1.165, 1.54) is 65.0 Å². The van der Waals surface area contributed by atoms with Crippen molar-refractivity contribution in [2.24, 2.45) is 11.7 Å². The van der Waals surface area contributed by atoms with Crippen LogP contribution in [0.1, 0.15) is 56.6 Å². The van der Waals surface area contributed by atoms with Gasteiger partial charge in [-0.3, -0.25) is 0 Å². The van der Waals surface area contributed by atoms with Crippen molar-refractivity contribution >= 4 is 27.5 Å². The van der Waals surface area contributed by atoms with Gasteiger partial charge < -0.3 is 10.3 Å². The van der Waals surface area contributed by atoms with Crippen LogP contribution in [0.25, 0.3) is 27.5 Å². The van der Waals surface area contributed by atoms with Crippen molar-refractivity contribution in [3.63, 3.8) is 0 Å². The SMILES string of the molecule is C=C(C)CCc1cccc2c1c1c(C(=C)N)cccc1n2CC1CCCCC1. The molecule has 1 aromatic heterocycles. The molecule has 1 saturated carbocycles. The Hall–Kier alpha value is -2.48. The van der Waals surface area contributed by atoms with Crippen LogP contribution in [0.2, 0.25) is 0 Å². The number of aryl methyl sites for hydroxylation is 1. The van der Waals surface area contributed by atoms with Crippen LogP contribution >= 0.6 is 0 Å². The number of hydrogen-bond donors (Lipinski definition) is 1. The van der Waals surface area contributed by atoms with Crippen LogP contribution in [-0.2, 0) is 13.0 Å². The van der Waals surface area contributed by atoms with E-state index >= 15 is 0 Å². The highest BCUT2D eigenvalue weighted by molar-refractivity contribution is 6.14. The Labute approximate surface area is 168 Å². The van der Waals surface area contributed by atoms with E-state index in [-0.39, 0.29) is 0 Å². The molecule has 2 aromatic carbocycles. The predicted molar refractivity (Wildman–Crippen MR) is 122 cm³/mol. The number of hydrogen-bond acceptors (Lipinski definition) is 1. The maximum Gasteiger partial charge on any atom is 0.0498 e. The Morgan fingerprint density at radius 2 is 1.68 bits per heavy atom. The van der Waals surface area contributed by atoms with Gasteiger partial charge in [-0.1, -0.05) is 55.7 Å². The van der Waals surface area contributed by atoms with Gasteiger partial charge in [0.25, 0.3) is 0 Å². The van der Waals surface area contributed by atoms with Gasteiger partial charge in [-0.05, 0) is 56.2 Å². The molecule has 4 rings (SSSR count). The van der Waals surface area contributed by atoms with Gasteiger partial charge in [0.15, 0.2) is 0 Å². The minimum atomic E-state index is 0.650. The molecule has 1 aliphatic rings. The van der Waals surface area contributed by atoms with Crippen LogP contribution in [0.3, 0.4) is 0 Å². The Kier molecular flexibility index (Phi) is 5.30. The van der Waals surface area contributed by atoms with Crippen molar-refractivity contribution in [1.82, 2.24) is 4.57 Å². The van der Waals surface area contributed by atoms with Crippen LogP contribution < -0.4 is 5.73 Å². The molecule has 1 heterocycles. The molecule has 2 heteroatoms. The molecular weight excluding hydrogens is 340 g/mol. The summed E-state index contributed by atoms with van der Waals surface area (Å²) in [5, 5.41) is 2.63. The van der Waals surface area contributed by atoms with Crippen molar-refractivity contribution in [2.75, 3.05) is 0 Å². The van der Waals surface area contributed by atoms with E-state index < -0.39 is 0 Å². The number of nitrogens with two attached hydrogens (primary N) is 1. The highest BCUT2D eigenvalue weighted by Crippen LogP contribution is 2.37. The van der Waals surface area contributed by atoms with Gasteiger partial charge in [-0.2, -0.15) is 0 Å². The first-order chi connectivity index (χ1) is 13.6. The molecule has 0 spiro atoms. The highest BCUT2D eigenvalue weighted by Gasteiger charge is 2.20. The third kappa shape index (κ3) is 3.48. The van der Waals surface area contributed by atoms with E-state index in [4.69, 9.17) is 5.73 Å². The number of fused-ring (bicyclic) bond motifs is 3. The predicted octanol–water partition coefficient (Wildman–Crippen LogP) is 6.81. The summed E-state index contributed by atoms with van der Waals surface area (Å²) in [6.45, 7) is 11.4. The fraction of sp³-hybridized carbons (Fsp3) is 0.385. The van der Waals surface area contributed by atoms with Gasteiger partial charge in [0.1, 0.15) is 0 Å². The summed E-state index contributed by atoms with van der Waals surface area (Å²) in [7, 11) is 0. The zero-order valence-electron chi connectivity index (χ0n) is 17.1. The summed E-state index contributed by atoms with van der Waals surface area (Å²) in [6, 6.07) is 13.3. The third-order valence-electron chi connectivity index (χ3n) is 6.34. The molecular formula is C26H32N2. The zero-order valence-corrected chi connectivity index (χ0v) is 17.1. The Balaban J connectivity index is 1.94. The molecule has 2 N–H and O–H groups in total. The number of rotatable bonds is 6. The van der Waals surface area contributed by atoms with Gasteiger partial charge >= 0.3 is 0 Å². The van der Waals surface area contributed by atoms with Crippen LogP contribution in [0.5, 0.6) is 0 Å². The fourth-order valence-electron chi connectivity index (χ4n) is 4.91.